The number of benzene rings is 1. The summed E-state index contributed by atoms with van der Waals surface area (Å²) in [6.45, 7) is 5.77. The van der Waals surface area contributed by atoms with E-state index >= 15 is 0 Å². The summed E-state index contributed by atoms with van der Waals surface area (Å²) in [5.41, 5.74) is 2.53. The number of nitrogens with zero attached hydrogens (tertiary/aromatic N) is 1. The number of carbonyl (C=O) groups is 1. The van der Waals surface area contributed by atoms with Crippen LogP contribution in [0.15, 0.2) is 36.7 Å². The van der Waals surface area contributed by atoms with Crippen molar-refractivity contribution in [1.29, 1.82) is 0 Å². The molecule has 106 valence electrons. The van der Waals surface area contributed by atoms with Gasteiger partial charge in [-0.3, -0.25) is 4.98 Å². The molecule has 0 spiro atoms. The van der Waals surface area contributed by atoms with E-state index in [1.807, 2.05) is 19.9 Å². The van der Waals surface area contributed by atoms with Crippen molar-refractivity contribution in [3.05, 3.63) is 47.8 Å². The smallest absolute Gasteiger partial charge is 0.338 e. The normalized spacial score (nSPS) is 9.40. The van der Waals surface area contributed by atoms with Crippen molar-refractivity contribution in [3.8, 4) is 16.9 Å². The Kier molecular flexibility index (Phi) is 5.72. The van der Waals surface area contributed by atoms with Crippen molar-refractivity contribution in [1.82, 2.24) is 4.98 Å². The highest BCUT2D eigenvalue weighted by atomic mass is 16.5. The summed E-state index contributed by atoms with van der Waals surface area (Å²) < 4.78 is 4.72. The fourth-order valence-electron chi connectivity index (χ4n) is 1.74. The highest BCUT2D eigenvalue weighted by Gasteiger charge is 2.15. The Morgan fingerprint density at radius 1 is 1.30 bits per heavy atom. The highest BCUT2D eigenvalue weighted by molar-refractivity contribution is 5.98. The maximum Gasteiger partial charge on any atom is 0.338 e. The van der Waals surface area contributed by atoms with Crippen molar-refractivity contribution in [2.45, 2.75) is 20.8 Å². The van der Waals surface area contributed by atoms with Crippen LogP contribution in [0.5, 0.6) is 5.75 Å². The molecule has 0 atom stereocenters. The number of pyridine rings is 1. The fourth-order valence-corrected chi connectivity index (χ4v) is 1.74. The van der Waals surface area contributed by atoms with E-state index in [1.165, 1.54) is 13.2 Å². The lowest BCUT2D eigenvalue weighted by Gasteiger charge is -2.10. The minimum atomic E-state index is -0.482. The molecular formula is C16H19NO3. The van der Waals surface area contributed by atoms with Gasteiger partial charge in [0.05, 0.1) is 12.7 Å². The van der Waals surface area contributed by atoms with E-state index in [2.05, 4.69) is 4.98 Å². The van der Waals surface area contributed by atoms with E-state index in [0.717, 1.165) is 5.56 Å². The number of methoxy groups -OCH3 is 1. The topological polar surface area (TPSA) is 59.4 Å². The van der Waals surface area contributed by atoms with Crippen LogP contribution in [-0.4, -0.2) is 23.2 Å². The molecular weight excluding hydrogens is 254 g/mol. The number of ether oxygens (including phenoxy) is 1. The molecule has 2 rings (SSSR count). The maximum atomic E-state index is 11.7. The Morgan fingerprint density at radius 3 is 2.55 bits per heavy atom. The van der Waals surface area contributed by atoms with Gasteiger partial charge in [0.2, 0.25) is 0 Å². The zero-order valence-corrected chi connectivity index (χ0v) is 12.2. The standard InChI is InChI=1S/C14H13NO3.C2H6/c1-9-6-11(10-4-3-5-15-8-10)12(7-13(9)16)14(17)18-2;1-2/h3-8,16H,1-2H3;1-2H3. The van der Waals surface area contributed by atoms with Gasteiger partial charge in [0.25, 0.3) is 0 Å². The Balaban J connectivity index is 0.000000956. The second-order valence-electron chi connectivity index (χ2n) is 3.92. The van der Waals surface area contributed by atoms with Gasteiger partial charge in [0.1, 0.15) is 5.75 Å². The molecule has 0 aliphatic rings. The van der Waals surface area contributed by atoms with Crippen LogP contribution < -0.4 is 0 Å². The van der Waals surface area contributed by atoms with E-state index in [0.29, 0.717) is 16.7 Å². The van der Waals surface area contributed by atoms with Crippen LogP contribution in [-0.2, 0) is 4.74 Å². The van der Waals surface area contributed by atoms with Crippen molar-refractivity contribution in [2.75, 3.05) is 7.11 Å². The summed E-state index contributed by atoms with van der Waals surface area (Å²) in [4.78, 5) is 15.7. The minimum absolute atomic E-state index is 0.0723. The zero-order valence-electron chi connectivity index (χ0n) is 12.2. The number of phenols is 1. The van der Waals surface area contributed by atoms with E-state index in [4.69, 9.17) is 4.74 Å². The number of esters is 1. The predicted molar refractivity (Wildman–Crippen MR) is 78.8 cm³/mol. The molecule has 0 fully saturated rings. The number of rotatable bonds is 2. The summed E-state index contributed by atoms with van der Waals surface area (Å²) in [6, 6.07) is 6.81. The monoisotopic (exact) mass is 273 g/mol. The van der Waals surface area contributed by atoms with E-state index in [-0.39, 0.29) is 5.75 Å². The van der Waals surface area contributed by atoms with Crippen molar-refractivity contribution < 1.29 is 14.6 Å². The van der Waals surface area contributed by atoms with Crippen LogP contribution >= 0.6 is 0 Å². The third-order valence-electron chi connectivity index (χ3n) is 2.71. The average molecular weight is 273 g/mol. The molecule has 0 aliphatic carbocycles. The Labute approximate surface area is 119 Å². The van der Waals surface area contributed by atoms with E-state index in [1.54, 1.807) is 31.5 Å². The van der Waals surface area contributed by atoms with Crippen LogP contribution in [0.2, 0.25) is 0 Å². The summed E-state index contributed by atoms with van der Waals surface area (Å²) in [5.74, 6) is -0.410. The van der Waals surface area contributed by atoms with Crippen LogP contribution in [0.3, 0.4) is 0 Å². The molecule has 0 radical (unpaired) electrons. The SMILES string of the molecule is CC.COC(=O)c1cc(O)c(C)cc1-c1cccnc1. The minimum Gasteiger partial charge on any atom is -0.508 e. The highest BCUT2D eigenvalue weighted by Crippen LogP contribution is 2.29. The third kappa shape index (κ3) is 3.35. The van der Waals surface area contributed by atoms with Crippen LogP contribution in [0.4, 0.5) is 0 Å². The summed E-state index contributed by atoms with van der Waals surface area (Å²) >= 11 is 0. The van der Waals surface area contributed by atoms with Crippen LogP contribution in [0.1, 0.15) is 29.8 Å². The first-order chi connectivity index (χ1) is 9.63. The predicted octanol–water partition coefficient (Wildman–Crippen LogP) is 3.58. The molecule has 0 unspecified atom stereocenters. The molecule has 2 aromatic rings. The number of aromatic hydroxyl groups is 1. The Hall–Kier alpha value is -2.36. The Bertz CT molecular complexity index is 580. The lowest BCUT2D eigenvalue weighted by atomic mass is 9.98. The molecule has 0 saturated carbocycles. The van der Waals surface area contributed by atoms with Crippen molar-refractivity contribution in [2.24, 2.45) is 0 Å². The first-order valence-electron chi connectivity index (χ1n) is 6.46. The molecule has 4 heteroatoms. The number of carbonyl (C=O) groups excluding carboxylic acids is 1. The zero-order chi connectivity index (χ0) is 15.1. The third-order valence-corrected chi connectivity index (χ3v) is 2.71. The van der Waals surface area contributed by atoms with Gasteiger partial charge in [-0.25, -0.2) is 4.79 Å². The molecule has 1 aromatic carbocycles. The van der Waals surface area contributed by atoms with Gasteiger partial charge in [-0.2, -0.15) is 0 Å². The molecule has 0 amide bonds. The van der Waals surface area contributed by atoms with E-state index < -0.39 is 5.97 Å². The molecule has 1 aromatic heterocycles. The molecule has 1 N–H and O–H groups in total. The van der Waals surface area contributed by atoms with Gasteiger partial charge < -0.3 is 9.84 Å². The van der Waals surface area contributed by atoms with Gasteiger partial charge in [-0.15, -0.1) is 0 Å². The first-order valence-corrected chi connectivity index (χ1v) is 6.46. The van der Waals surface area contributed by atoms with Crippen LogP contribution in [0, 0.1) is 6.92 Å². The average Bonchev–Trinajstić information content (AvgIpc) is 2.51. The number of aryl methyl sites for hydroxylation is 1. The lowest BCUT2D eigenvalue weighted by molar-refractivity contribution is 0.0601. The molecule has 0 saturated heterocycles. The number of aromatic nitrogens is 1. The number of hydrogen-bond donors (Lipinski definition) is 1. The van der Waals surface area contributed by atoms with Gasteiger partial charge in [-0.1, -0.05) is 19.9 Å². The molecule has 4 nitrogen and oxygen atoms in total. The van der Waals surface area contributed by atoms with Crippen molar-refractivity contribution >= 4 is 5.97 Å². The van der Waals surface area contributed by atoms with Gasteiger partial charge in [-0.05, 0) is 36.2 Å². The maximum absolute atomic E-state index is 11.7. The Morgan fingerprint density at radius 2 is 2.00 bits per heavy atom. The fraction of sp³-hybridized carbons (Fsp3) is 0.250. The summed E-state index contributed by atoms with van der Waals surface area (Å²) in [7, 11) is 1.31. The summed E-state index contributed by atoms with van der Waals surface area (Å²) in [5, 5.41) is 9.69. The number of phenolic OH excluding ortho intramolecular Hbond substituents is 1. The molecule has 0 aliphatic heterocycles. The van der Waals surface area contributed by atoms with Gasteiger partial charge in [0, 0.05) is 18.0 Å². The summed E-state index contributed by atoms with van der Waals surface area (Å²) in [6.07, 6.45) is 3.33. The van der Waals surface area contributed by atoms with E-state index in [9.17, 15) is 9.90 Å². The van der Waals surface area contributed by atoms with Crippen LogP contribution in [0.25, 0.3) is 11.1 Å². The lowest BCUT2D eigenvalue weighted by Crippen LogP contribution is -2.04. The molecule has 20 heavy (non-hydrogen) atoms. The second-order valence-corrected chi connectivity index (χ2v) is 3.92. The largest absolute Gasteiger partial charge is 0.508 e. The molecule has 0 bridgehead atoms. The van der Waals surface area contributed by atoms with Crippen molar-refractivity contribution in [3.63, 3.8) is 0 Å². The number of hydrogen-bond acceptors (Lipinski definition) is 4. The molecule has 1 heterocycles. The van der Waals surface area contributed by atoms with Gasteiger partial charge >= 0.3 is 5.97 Å². The second kappa shape index (κ2) is 7.28. The quantitative estimate of drug-likeness (QED) is 0.850. The van der Waals surface area contributed by atoms with Gasteiger partial charge in [0.15, 0.2) is 0 Å². The first kappa shape index (κ1) is 15.7.